The molecular weight excluding hydrogens is 221 g/mol. The summed E-state index contributed by atoms with van der Waals surface area (Å²) in [5, 5.41) is 0. The molecule has 1 aliphatic rings. The van der Waals surface area contributed by atoms with Crippen LogP contribution in [0, 0.1) is 5.82 Å². The van der Waals surface area contributed by atoms with Crippen LogP contribution in [0.2, 0.25) is 0 Å². The lowest BCUT2D eigenvalue weighted by molar-refractivity contribution is -0.0339. The molecule has 94 valence electrons. The maximum atomic E-state index is 13.2. The Kier molecular flexibility index (Phi) is 3.35. The van der Waals surface area contributed by atoms with Crippen LogP contribution < -0.4 is 10.5 Å². The van der Waals surface area contributed by atoms with Gasteiger partial charge in [-0.1, -0.05) is 13.0 Å². The molecule has 2 atom stereocenters. The van der Waals surface area contributed by atoms with Crippen molar-refractivity contribution < 1.29 is 13.9 Å². The first kappa shape index (κ1) is 12.3. The first-order valence-corrected chi connectivity index (χ1v) is 5.83. The van der Waals surface area contributed by atoms with E-state index < -0.39 is 5.60 Å². The molecule has 4 heteroatoms. The van der Waals surface area contributed by atoms with E-state index in [9.17, 15) is 4.39 Å². The highest BCUT2D eigenvalue weighted by atomic mass is 19.1. The normalized spacial score (nSPS) is 27.4. The zero-order valence-corrected chi connectivity index (χ0v) is 10.2. The smallest absolute Gasteiger partial charge is 0.134 e. The van der Waals surface area contributed by atoms with Crippen LogP contribution in [0.3, 0.4) is 0 Å². The van der Waals surface area contributed by atoms with E-state index in [1.807, 2.05) is 6.92 Å². The van der Waals surface area contributed by atoms with Gasteiger partial charge in [-0.15, -0.1) is 0 Å². The summed E-state index contributed by atoms with van der Waals surface area (Å²) in [7, 11) is 1.63. The van der Waals surface area contributed by atoms with E-state index in [4.69, 9.17) is 15.2 Å². The fraction of sp³-hybridized carbons (Fsp3) is 0.538. The van der Waals surface area contributed by atoms with Crippen molar-refractivity contribution in [3.63, 3.8) is 0 Å². The minimum atomic E-state index is -0.436. The molecule has 1 aromatic carbocycles. The van der Waals surface area contributed by atoms with E-state index in [2.05, 4.69) is 0 Å². The molecule has 0 radical (unpaired) electrons. The molecule has 0 aromatic heterocycles. The molecule has 2 rings (SSSR count). The van der Waals surface area contributed by atoms with Crippen LogP contribution in [-0.2, 0) is 4.74 Å². The summed E-state index contributed by atoms with van der Waals surface area (Å²) in [6.45, 7) is 2.49. The molecule has 0 spiro atoms. The first-order valence-electron chi connectivity index (χ1n) is 5.83. The molecule has 1 aromatic rings. The summed E-state index contributed by atoms with van der Waals surface area (Å²) in [4.78, 5) is 0. The van der Waals surface area contributed by atoms with Gasteiger partial charge in [0.05, 0.1) is 6.61 Å². The lowest BCUT2D eigenvalue weighted by Crippen LogP contribution is -2.46. The van der Waals surface area contributed by atoms with Crippen molar-refractivity contribution in [2.24, 2.45) is 5.73 Å². The van der Waals surface area contributed by atoms with Gasteiger partial charge in [0.25, 0.3) is 0 Å². The van der Waals surface area contributed by atoms with Crippen molar-refractivity contribution in [1.82, 2.24) is 0 Å². The molecule has 0 bridgehead atoms. The zero-order chi connectivity index (χ0) is 12.5. The second-order valence-corrected chi connectivity index (χ2v) is 4.56. The molecule has 1 heterocycles. The Hall–Kier alpha value is -1.13. The van der Waals surface area contributed by atoms with Crippen LogP contribution >= 0.6 is 0 Å². The van der Waals surface area contributed by atoms with E-state index in [1.165, 1.54) is 12.1 Å². The molecule has 1 aliphatic heterocycles. The molecule has 3 nitrogen and oxygen atoms in total. The number of hydrogen-bond donors (Lipinski definition) is 1. The largest absolute Gasteiger partial charge is 0.484 e. The van der Waals surface area contributed by atoms with E-state index in [0.717, 1.165) is 12.0 Å². The molecule has 17 heavy (non-hydrogen) atoms. The third-order valence-electron chi connectivity index (χ3n) is 3.35. The Labute approximate surface area is 101 Å². The number of halogens is 1. The standard InChI is InChI=1S/C13H18FNO2/c1-3-13(8-16-2)7-11(15)10-5-4-9(14)6-12(10)17-13/h4-6,11H,3,7-8,15H2,1-2H3/t11-,13?/m0/s1. The number of rotatable bonds is 3. The van der Waals surface area contributed by atoms with Crippen LogP contribution in [-0.4, -0.2) is 19.3 Å². The highest BCUT2D eigenvalue weighted by Crippen LogP contribution is 2.40. The predicted octanol–water partition coefficient (Wildman–Crippen LogP) is 2.40. The van der Waals surface area contributed by atoms with Crippen molar-refractivity contribution in [1.29, 1.82) is 0 Å². The Morgan fingerprint density at radius 3 is 3.00 bits per heavy atom. The predicted molar refractivity (Wildman–Crippen MR) is 63.5 cm³/mol. The van der Waals surface area contributed by atoms with Gasteiger partial charge in [0.1, 0.15) is 17.2 Å². The summed E-state index contributed by atoms with van der Waals surface area (Å²) < 4.78 is 24.3. The van der Waals surface area contributed by atoms with Crippen LogP contribution in [0.1, 0.15) is 31.4 Å². The van der Waals surface area contributed by atoms with Gasteiger partial charge in [-0.05, 0) is 12.5 Å². The molecule has 0 amide bonds. The van der Waals surface area contributed by atoms with E-state index in [1.54, 1.807) is 13.2 Å². The second-order valence-electron chi connectivity index (χ2n) is 4.56. The fourth-order valence-corrected chi connectivity index (χ4v) is 2.36. The van der Waals surface area contributed by atoms with Gasteiger partial charge in [-0.3, -0.25) is 0 Å². The summed E-state index contributed by atoms with van der Waals surface area (Å²) in [6.07, 6.45) is 1.47. The van der Waals surface area contributed by atoms with Crippen LogP contribution in [0.25, 0.3) is 0 Å². The summed E-state index contributed by atoms with van der Waals surface area (Å²) in [5.74, 6) is 0.239. The Balaban J connectivity index is 2.36. The molecule has 0 aliphatic carbocycles. The van der Waals surface area contributed by atoms with Gasteiger partial charge in [-0.25, -0.2) is 4.39 Å². The van der Waals surface area contributed by atoms with Gasteiger partial charge in [-0.2, -0.15) is 0 Å². The molecular formula is C13H18FNO2. The number of methoxy groups -OCH3 is 1. The topological polar surface area (TPSA) is 44.5 Å². The maximum absolute atomic E-state index is 13.2. The van der Waals surface area contributed by atoms with Gasteiger partial charge < -0.3 is 15.2 Å². The summed E-state index contributed by atoms with van der Waals surface area (Å²) >= 11 is 0. The van der Waals surface area contributed by atoms with Gasteiger partial charge in [0.15, 0.2) is 0 Å². The lowest BCUT2D eigenvalue weighted by Gasteiger charge is -2.40. The molecule has 2 N–H and O–H groups in total. The summed E-state index contributed by atoms with van der Waals surface area (Å²) in [5.41, 5.74) is 6.55. The number of benzene rings is 1. The number of nitrogens with two attached hydrogens (primary N) is 1. The van der Waals surface area contributed by atoms with Crippen LogP contribution in [0.5, 0.6) is 5.75 Å². The van der Waals surface area contributed by atoms with E-state index in [-0.39, 0.29) is 11.9 Å². The fourth-order valence-electron chi connectivity index (χ4n) is 2.36. The van der Waals surface area contributed by atoms with Gasteiger partial charge in [0.2, 0.25) is 0 Å². The molecule has 0 saturated heterocycles. The summed E-state index contributed by atoms with van der Waals surface area (Å²) in [6, 6.07) is 4.38. The van der Waals surface area contributed by atoms with Crippen molar-refractivity contribution >= 4 is 0 Å². The van der Waals surface area contributed by atoms with Crippen LogP contribution in [0.15, 0.2) is 18.2 Å². The van der Waals surface area contributed by atoms with Gasteiger partial charge in [0, 0.05) is 31.2 Å². The minimum Gasteiger partial charge on any atom is -0.484 e. The molecule has 1 unspecified atom stereocenters. The molecule has 0 fully saturated rings. The number of fused-ring (bicyclic) bond motifs is 1. The first-order chi connectivity index (χ1) is 8.10. The second kappa shape index (κ2) is 4.63. The lowest BCUT2D eigenvalue weighted by atomic mass is 9.86. The van der Waals surface area contributed by atoms with Gasteiger partial charge >= 0.3 is 0 Å². The highest BCUT2D eigenvalue weighted by molar-refractivity contribution is 5.39. The SMILES string of the molecule is CCC1(COC)C[C@H](N)c2ccc(F)cc2O1. The third kappa shape index (κ3) is 2.28. The maximum Gasteiger partial charge on any atom is 0.134 e. The number of ether oxygens (including phenoxy) is 2. The highest BCUT2D eigenvalue weighted by Gasteiger charge is 2.38. The molecule has 0 saturated carbocycles. The average Bonchev–Trinajstić information content (AvgIpc) is 2.28. The van der Waals surface area contributed by atoms with Crippen molar-refractivity contribution in [2.45, 2.75) is 31.4 Å². The zero-order valence-electron chi connectivity index (χ0n) is 10.2. The Bertz CT molecular complexity index is 410. The van der Waals surface area contributed by atoms with Crippen LogP contribution in [0.4, 0.5) is 4.39 Å². The monoisotopic (exact) mass is 239 g/mol. The Morgan fingerprint density at radius 2 is 2.35 bits per heavy atom. The Morgan fingerprint density at radius 1 is 1.59 bits per heavy atom. The van der Waals surface area contributed by atoms with E-state index >= 15 is 0 Å². The third-order valence-corrected chi connectivity index (χ3v) is 3.35. The van der Waals surface area contributed by atoms with Crippen molar-refractivity contribution in [3.05, 3.63) is 29.6 Å². The quantitative estimate of drug-likeness (QED) is 0.881. The minimum absolute atomic E-state index is 0.130. The average molecular weight is 239 g/mol. The number of hydrogen-bond acceptors (Lipinski definition) is 3. The van der Waals surface area contributed by atoms with Crippen molar-refractivity contribution in [2.75, 3.05) is 13.7 Å². The van der Waals surface area contributed by atoms with Crippen molar-refractivity contribution in [3.8, 4) is 5.75 Å². The van der Waals surface area contributed by atoms with E-state index in [0.29, 0.717) is 18.8 Å².